The zero-order valence-corrected chi connectivity index (χ0v) is 12.2. The van der Waals surface area contributed by atoms with Gasteiger partial charge in [0.25, 0.3) is 0 Å². The molecule has 0 aromatic heterocycles. The fraction of sp³-hybridized carbons (Fsp3) is 0.533. The number of halogens is 2. The van der Waals surface area contributed by atoms with E-state index in [9.17, 15) is 13.6 Å². The number of para-hydroxylation sites is 2. The van der Waals surface area contributed by atoms with Crippen LogP contribution < -0.4 is 15.0 Å². The van der Waals surface area contributed by atoms with Crippen molar-refractivity contribution in [3.63, 3.8) is 0 Å². The summed E-state index contributed by atoms with van der Waals surface area (Å²) in [5.41, 5.74) is 0.638. The Labute approximate surface area is 123 Å². The highest BCUT2D eigenvalue weighted by molar-refractivity contribution is 5.78. The highest BCUT2D eigenvalue weighted by Gasteiger charge is 2.26. The van der Waals surface area contributed by atoms with Crippen molar-refractivity contribution in [2.24, 2.45) is 5.92 Å². The number of nitrogens with one attached hydrogen (secondary N) is 1. The van der Waals surface area contributed by atoms with E-state index in [1.54, 1.807) is 18.2 Å². The molecule has 1 N–H and O–H groups in total. The number of ether oxygens (including phenoxy) is 1. The number of carbonyl (C=O) groups is 1. The molecule has 1 atom stereocenters. The van der Waals surface area contributed by atoms with E-state index in [4.69, 9.17) is 0 Å². The van der Waals surface area contributed by atoms with Crippen LogP contribution in [0, 0.1) is 5.92 Å². The predicted octanol–water partition coefficient (Wildman–Crippen LogP) is 2.64. The molecule has 1 unspecified atom stereocenters. The van der Waals surface area contributed by atoms with Crippen LogP contribution in [-0.4, -0.2) is 31.7 Å². The third-order valence-corrected chi connectivity index (χ3v) is 3.48. The zero-order chi connectivity index (χ0) is 15.4. The van der Waals surface area contributed by atoms with Crippen molar-refractivity contribution in [1.29, 1.82) is 0 Å². The van der Waals surface area contributed by atoms with Gasteiger partial charge < -0.3 is 15.0 Å². The molecule has 1 fully saturated rings. The lowest BCUT2D eigenvalue weighted by molar-refractivity contribution is -0.124. The molecular formula is C15H20F2N2O2. The maximum absolute atomic E-state index is 12.4. The first-order valence-corrected chi connectivity index (χ1v) is 7.06. The van der Waals surface area contributed by atoms with Crippen LogP contribution in [-0.2, 0) is 4.79 Å². The normalized spacial score (nSPS) is 18.4. The van der Waals surface area contributed by atoms with Gasteiger partial charge in [-0.25, -0.2) is 0 Å². The lowest BCUT2D eigenvalue weighted by Gasteiger charge is -2.22. The van der Waals surface area contributed by atoms with E-state index >= 15 is 0 Å². The summed E-state index contributed by atoms with van der Waals surface area (Å²) >= 11 is 0. The molecule has 1 aromatic carbocycles. The van der Waals surface area contributed by atoms with Crippen molar-refractivity contribution in [2.75, 3.05) is 18.0 Å². The Morgan fingerprint density at radius 2 is 2.10 bits per heavy atom. The highest BCUT2D eigenvalue weighted by atomic mass is 19.3. The molecule has 0 aliphatic carbocycles. The second-order valence-electron chi connectivity index (χ2n) is 5.44. The maximum atomic E-state index is 12.4. The molecule has 6 heteroatoms. The van der Waals surface area contributed by atoms with Crippen molar-refractivity contribution in [3.8, 4) is 5.75 Å². The van der Waals surface area contributed by atoms with Crippen molar-refractivity contribution in [1.82, 2.24) is 5.32 Å². The van der Waals surface area contributed by atoms with E-state index in [1.165, 1.54) is 6.07 Å². The summed E-state index contributed by atoms with van der Waals surface area (Å²) in [6, 6.07) is 6.77. The quantitative estimate of drug-likeness (QED) is 0.908. The molecular weight excluding hydrogens is 278 g/mol. The van der Waals surface area contributed by atoms with Gasteiger partial charge in [0, 0.05) is 25.0 Å². The fourth-order valence-electron chi connectivity index (χ4n) is 2.38. The van der Waals surface area contributed by atoms with E-state index in [1.807, 2.05) is 18.7 Å². The Morgan fingerprint density at radius 3 is 2.76 bits per heavy atom. The maximum Gasteiger partial charge on any atom is 0.387 e. The first-order chi connectivity index (χ1) is 9.97. The topological polar surface area (TPSA) is 41.6 Å². The van der Waals surface area contributed by atoms with E-state index in [0.29, 0.717) is 18.8 Å². The van der Waals surface area contributed by atoms with Crippen molar-refractivity contribution >= 4 is 11.6 Å². The number of hydrogen-bond acceptors (Lipinski definition) is 3. The van der Waals surface area contributed by atoms with Crippen LogP contribution in [0.1, 0.15) is 20.3 Å². The fourth-order valence-corrected chi connectivity index (χ4v) is 2.38. The molecule has 0 saturated carbocycles. The van der Waals surface area contributed by atoms with E-state index < -0.39 is 6.61 Å². The minimum atomic E-state index is -2.84. The summed E-state index contributed by atoms with van der Waals surface area (Å²) in [5.74, 6) is 0.121. The molecule has 21 heavy (non-hydrogen) atoms. The van der Waals surface area contributed by atoms with Gasteiger partial charge >= 0.3 is 6.61 Å². The number of rotatable bonds is 5. The van der Waals surface area contributed by atoms with Gasteiger partial charge in [-0.2, -0.15) is 8.78 Å². The molecule has 1 amide bonds. The Hall–Kier alpha value is -1.85. The molecule has 1 aliphatic rings. The SMILES string of the molecule is CC(C)C(=O)NC1CCN(c2ccccc2OC(F)F)C1. The second-order valence-corrected chi connectivity index (χ2v) is 5.44. The van der Waals surface area contributed by atoms with Crippen LogP contribution in [0.15, 0.2) is 24.3 Å². The monoisotopic (exact) mass is 298 g/mol. The summed E-state index contributed by atoms with van der Waals surface area (Å²) in [6.07, 6.45) is 0.793. The van der Waals surface area contributed by atoms with Gasteiger partial charge in [-0.05, 0) is 18.6 Å². The molecule has 2 rings (SSSR count). The summed E-state index contributed by atoms with van der Waals surface area (Å²) in [6.45, 7) is 2.14. The average Bonchev–Trinajstić information content (AvgIpc) is 2.87. The Bertz CT molecular complexity index is 494. The van der Waals surface area contributed by atoms with Gasteiger partial charge in [-0.3, -0.25) is 4.79 Å². The number of amides is 1. The first kappa shape index (κ1) is 15.5. The number of nitrogens with zero attached hydrogens (tertiary/aromatic N) is 1. The van der Waals surface area contributed by atoms with Gasteiger partial charge in [0.15, 0.2) is 0 Å². The minimum absolute atomic E-state index is 0.0129. The Balaban J connectivity index is 2.03. The van der Waals surface area contributed by atoms with Gasteiger partial charge in [0.05, 0.1) is 5.69 Å². The number of hydrogen-bond donors (Lipinski definition) is 1. The lowest BCUT2D eigenvalue weighted by Crippen LogP contribution is -2.39. The third kappa shape index (κ3) is 4.06. The second kappa shape index (κ2) is 6.74. The first-order valence-electron chi connectivity index (χ1n) is 7.06. The summed E-state index contributed by atoms with van der Waals surface area (Å²) in [5, 5.41) is 2.97. The zero-order valence-electron chi connectivity index (χ0n) is 12.2. The molecule has 4 nitrogen and oxygen atoms in total. The molecule has 1 heterocycles. The molecule has 116 valence electrons. The van der Waals surface area contributed by atoms with Crippen LogP contribution in [0.5, 0.6) is 5.75 Å². The highest BCUT2D eigenvalue weighted by Crippen LogP contribution is 2.31. The molecule has 1 aliphatic heterocycles. The third-order valence-electron chi connectivity index (χ3n) is 3.48. The molecule has 0 spiro atoms. The van der Waals surface area contributed by atoms with E-state index in [-0.39, 0.29) is 23.6 Å². The van der Waals surface area contributed by atoms with Crippen LogP contribution in [0.25, 0.3) is 0 Å². The number of carbonyl (C=O) groups excluding carboxylic acids is 1. The van der Waals surface area contributed by atoms with E-state index in [2.05, 4.69) is 10.1 Å². The molecule has 1 aromatic rings. The van der Waals surface area contributed by atoms with Gasteiger partial charge in [0.1, 0.15) is 5.75 Å². The standard InChI is InChI=1S/C15H20F2N2O2/c1-10(2)14(20)18-11-7-8-19(9-11)12-5-3-4-6-13(12)21-15(16)17/h3-6,10-11,15H,7-9H2,1-2H3,(H,18,20). The number of benzene rings is 1. The Kier molecular flexibility index (Phi) is 4.98. The van der Waals surface area contributed by atoms with E-state index in [0.717, 1.165) is 6.42 Å². The minimum Gasteiger partial charge on any atom is -0.433 e. The summed E-state index contributed by atoms with van der Waals surface area (Å²) < 4.78 is 29.4. The predicted molar refractivity (Wildman–Crippen MR) is 76.7 cm³/mol. The Morgan fingerprint density at radius 1 is 1.38 bits per heavy atom. The van der Waals surface area contributed by atoms with Crippen molar-refractivity contribution in [2.45, 2.75) is 32.9 Å². The van der Waals surface area contributed by atoms with Crippen LogP contribution >= 0.6 is 0 Å². The van der Waals surface area contributed by atoms with Gasteiger partial charge in [-0.1, -0.05) is 26.0 Å². The smallest absolute Gasteiger partial charge is 0.387 e. The molecule has 1 saturated heterocycles. The summed E-state index contributed by atoms with van der Waals surface area (Å²) in [4.78, 5) is 13.7. The van der Waals surface area contributed by atoms with Crippen LogP contribution in [0.4, 0.5) is 14.5 Å². The van der Waals surface area contributed by atoms with Crippen LogP contribution in [0.3, 0.4) is 0 Å². The number of alkyl halides is 2. The van der Waals surface area contributed by atoms with Crippen LogP contribution in [0.2, 0.25) is 0 Å². The molecule has 0 bridgehead atoms. The number of anilines is 1. The largest absolute Gasteiger partial charge is 0.433 e. The summed E-state index contributed by atoms with van der Waals surface area (Å²) in [7, 11) is 0. The lowest BCUT2D eigenvalue weighted by atomic mass is 10.2. The average molecular weight is 298 g/mol. The molecule has 0 radical (unpaired) electrons. The van der Waals surface area contributed by atoms with Gasteiger partial charge in [-0.15, -0.1) is 0 Å². The van der Waals surface area contributed by atoms with Crippen molar-refractivity contribution < 1.29 is 18.3 Å². The van der Waals surface area contributed by atoms with Crippen molar-refractivity contribution in [3.05, 3.63) is 24.3 Å². The van der Waals surface area contributed by atoms with Gasteiger partial charge in [0.2, 0.25) is 5.91 Å².